The lowest BCUT2D eigenvalue weighted by Gasteiger charge is -2.22. The van der Waals surface area contributed by atoms with E-state index in [1.807, 2.05) is 0 Å². The smallest absolute Gasteiger partial charge is 0.408 e. The third-order valence-electron chi connectivity index (χ3n) is 3.10. The molecule has 1 unspecified atom stereocenters. The van der Waals surface area contributed by atoms with Crippen molar-refractivity contribution in [3.8, 4) is 0 Å². The van der Waals surface area contributed by atoms with Gasteiger partial charge in [-0.1, -0.05) is 30.3 Å². The summed E-state index contributed by atoms with van der Waals surface area (Å²) >= 11 is 0. The minimum Gasteiger partial charge on any atom is -0.480 e. The predicted molar refractivity (Wildman–Crippen MR) is 91.7 cm³/mol. The Morgan fingerprint density at radius 3 is 2.19 bits per heavy atom. The SMILES string of the molecule is CC(OC(=O)C[C@H](NC(=O)OC(C)(C)C)C(=O)O)C(=O)c1ccccc1. The number of esters is 1. The Kier molecular flexibility index (Phi) is 7.30. The van der Waals surface area contributed by atoms with Crippen molar-refractivity contribution in [2.75, 3.05) is 0 Å². The van der Waals surface area contributed by atoms with E-state index in [0.29, 0.717) is 5.56 Å². The summed E-state index contributed by atoms with van der Waals surface area (Å²) in [6.45, 7) is 6.25. The summed E-state index contributed by atoms with van der Waals surface area (Å²) in [7, 11) is 0. The molecule has 0 bridgehead atoms. The molecule has 142 valence electrons. The third kappa shape index (κ3) is 7.33. The Morgan fingerprint density at radius 1 is 1.12 bits per heavy atom. The summed E-state index contributed by atoms with van der Waals surface area (Å²) in [5, 5.41) is 11.2. The van der Waals surface area contributed by atoms with Gasteiger partial charge in [-0.25, -0.2) is 9.59 Å². The van der Waals surface area contributed by atoms with E-state index < -0.39 is 48.0 Å². The van der Waals surface area contributed by atoms with Crippen LogP contribution in [0.1, 0.15) is 44.5 Å². The molecule has 26 heavy (non-hydrogen) atoms. The van der Waals surface area contributed by atoms with E-state index in [2.05, 4.69) is 5.32 Å². The molecule has 8 heteroatoms. The molecule has 2 atom stereocenters. The van der Waals surface area contributed by atoms with E-state index >= 15 is 0 Å². The fourth-order valence-electron chi connectivity index (χ4n) is 1.95. The highest BCUT2D eigenvalue weighted by Gasteiger charge is 2.28. The van der Waals surface area contributed by atoms with E-state index in [1.165, 1.54) is 6.92 Å². The van der Waals surface area contributed by atoms with Crippen molar-refractivity contribution in [1.82, 2.24) is 5.32 Å². The van der Waals surface area contributed by atoms with E-state index in [9.17, 15) is 19.2 Å². The van der Waals surface area contributed by atoms with Crippen molar-refractivity contribution < 1.29 is 33.8 Å². The largest absolute Gasteiger partial charge is 0.480 e. The fourth-order valence-corrected chi connectivity index (χ4v) is 1.95. The van der Waals surface area contributed by atoms with Crippen LogP contribution in [0.5, 0.6) is 0 Å². The Labute approximate surface area is 151 Å². The third-order valence-corrected chi connectivity index (χ3v) is 3.10. The number of benzene rings is 1. The molecule has 1 amide bonds. The van der Waals surface area contributed by atoms with Crippen LogP contribution in [-0.2, 0) is 19.1 Å². The predicted octanol–water partition coefficient (Wildman–Crippen LogP) is 2.17. The molecule has 1 aromatic rings. The lowest BCUT2D eigenvalue weighted by molar-refractivity contribution is -0.151. The summed E-state index contributed by atoms with van der Waals surface area (Å²) in [5.74, 6) is -2.76. The van der Waals surface area contributed by atoms with Crippen molar-refractivity contribution >= 4 is 23.8 Å². The summed E-state index contributed by atoms with van der Waals surface area (Å²) in [4.78, 5) is 47.0. The Hall–Kier alpha value is -2.90. The number of carbonyl (C=O) groups excluding carboxylic acids is 3. The van der Waals surface area contributed by atoms with Gasteiger partial charge in [0.05, 0.1) is 6.42 Å². The zero-order chi connectivity index (χ0) is 19.9. The number of carboxylic acids is 1. The number of aliphatic carboxylic acids is 1. The summed E-state index contributed by atoms with van der Waals surface area (Å²) in [6, 6.07) is 6.72. The number of alkyl carbamates (subject to hydrolysis) is 1. The highest BCUT2D eigenvalue weighted by Crippen LogP contribution is 2.10. The molecule has 0 saturated heterocycles. The van der Waals surface area contributed by atoms with E-state index in [0.717, 1.165) is 0 Å². The molecule has 0 radical (unpaired) electrons. The topological polar surface area (TPSA) is 119 Å². The molecule has 0 spiro atoms. The second-order valence-electron chi connectivity index (χ2n) is 6.60. The molecule has 1 rings (SSSR count). The van der Waals surface area contributed by atoms with E-state index in [4.69, 9.17) is 14.6 Å². The zero-order valence-electron chi connectivity index (χ0n) is 15.1. The molecule has 0 heterocycles. The van der Waals surface area contributed by atoms with Gasteiger partial charge < -0.3 is 19.9 Å². The number of rotatable bonds is 7. The lowest BCUT2D eigenvalue weighted by Crippen LogP contribution is -2.45. The van der Waals surface area contributed by atoms with Crippen LogP contribution in [0, 0.1) is 0 Å². The average Bonchev–Trinajstić information content (AvgIpc) is 2.52. The first-order valence-electron chi connectivity index (χ1n) is 8.00. The fraction of sp³-hybridized carbons (Fsp3) is 0.444. The molecule has 0 aliphatic heterocycles. The molecule has 8 nitrogen and oxygen atoms in total. The van der Waals surface area contributed by atoms with Crippen LogP contribution < -0.4 is 5.32 Å². The maximum Gasteiger partial charge on any atom is 0.408 e. The quantitative estimate of drug-likeness (QED) is 0.561. The highest BCUT2D eigenvalue weighted by molar-refractivity contribution is 6.00. The summed E-state index contributed by atoms with van der Waals surface area (Å²) in [6.07, 6.45) is -2.69. The second-order valence-corrected chi connectivity index (χ2v) is 6.60. The zero-order valence-corrected chi connectivity index (χ0v) is 15.1. The van der Waals surface area contributed by atoms with Gasteiger partial charge in [-0.2, -0.15) is 0 Å². The maximum absolute atomic E-state index is 12.2. The first kappa shape index (κ1) is 21.1. The van der Waals surface area contributed by atoms with Crippen LogP contribution in [0.2, 0.25) is 0 Å². The van der Waals surface area contributed by atoms with Gasteiger partial charge in [0.2, 0.25) is 5.78 Å². The number of Topliss-reactive ketones (excluding diaryl/α,β-unsaturated/α-hetero) is 1. The molecule has 0 fully saturated rings. The number of ketones is 1. The average molecular weight is 365 g/mol. The molecule has 1 aromatic carbocycles. The van der Waals surface area contributed by atoms with Crippen LogP contribution in [0.3, 0.4) is 0 Å². The first-order valence-corrected chi connectivity index (χ1v) is 8.00. The van der Waals surface area contributed by atoms with Gasteiger partial charge in [0.15, 0.2) is 6.10 Å². The van der Waals surface area contributed by atoms with Gasteiger partial charge >= 0.3 is 18.0 Å². The van der Waals surface area contributed by atoms with Crippen LogP contribution in [-0.4, -0.2) is 46.7 Å². The van der Waals surface area contributed by atoms with Crippen molar-refractivity contribution in [3.05, 3.63) is 35.9 Å². The van der Waals surface area contributed by atoms with Crippen molar-refractivity contribution in [3.63, 3.8) is 0 Å². The van der Waals surface area contributed by atoms with E-state index in [-0.39, 0.29) is 0 Å². The Balaban J connectivity index is 2.63. The van der Waals surface area contributed by atoms with Crippen LogP contribution >= 0.6 is 0 Å². The first-order chi connectivity index (χ1) is 12.0. The van der Waals surface area contributed by atoms with Crippen LogP contribution in [0.15, 0.2) is 30.3 Å². The number of amides is 1. The Morgan fingerprint density at radius 2 is 1.69 bits per heavy atom. The summed E-state index contributed by atoms with van der Waals surface area (Å²) < 4.78 is 9.94. The van der Waals surface area contributed by atoms with E-state index in [1.54, 1.807) is 51.1 Å². The Bertz CT molecular complexity index is 664. The molecule has 0 aliphatic carbocycles. The monoisotopic (exact) mass is 365 g/mol. The van der Waals surface area contributed by atoms with Gasteiger partial charge in [0.1, 0.15) is 11.6 Å². The molecule has 0 aliphatic rings. The van der Waals surface area contributed by atoms with Crippen molar-refractivity contribution in [1.29, 1.82) is 0 Å². The van der Waals surface area contributed by atoms with Crippen molar-refractivity contribution in [2.24, 2.45) is 0 Å². The molecular weight excluding hydrogens is 342 g/mol. The van der Waals surface area contributed by atoms with Crippen LogP contribution in [0.4, 0.5) is 4.79 Å². The highest BCUT2D eigenvalue weighted by atomic mass is 16.6. The lowest BCUT2D eigenvalue weighted by atomic mass is 10.1. The van der Waals surface area contributed by atoms with Gasteiger partial charge in [0, 0.05) is 5.56 Å². The normalized spacial score (nSPS) is 13.2. The molecule has 2 N–H and O–H groups in total. The molecule has 0 aromatic heterocycles. The van der Waals surface area contributed by atoms with Gasteiger partial charge in [0.25, 0.3) is 0 Å². The second kappa shape index (κ2) is 8.98. The molecule has 0 saturated carbocycles. The van der Waals surface area contributed by atoms with Gasteiger partial charge in [-0.3, -0.25) is 9.59 Å². The number of carboxylic acid groups (broad SMARTS) is 1. The van der Waals surface area contributed by atoms with Crippen LogP contribution in [0.25, 0.3) is 0 Å². The number of nitrogens with one attached hydrogen (secondary N) is 1. The maximum atomic E-state index is 12.2. The number of hydrogen-bond donors (Lipinski definition) is 2. The summed E-state index contributed by atoms with van der Waals surface area (Å²) in [5.41, 5.74) is -0.445. The minimum atomic E-state index is -1.53. The number of carbonyl (C=O) groups is 4. The molecular formula is C18H23NO7. The van der Waals surface area contributed by atoms with Gasteiger partial charge in [-0.15, -0.1) is 0 Å². The number of hydrogen-bond acceptors (Lipinski definition) is 6. The van der Waals surface area contributed by atoms with Gasteiger partial charge in [-0.05, 0) is 27.7 Å². The number of ether oxygens (including phenoxy) is 2. The van der Waals surface area contributed by atoms with Crippen molar-refractivity contribution in [2.45, 2.75) is 51.9 Å². The minimum absolute atomic E-state index is 0.370. The standard InChI is InChI=1S/C18H23NO7/c1-11(15(21)12-8-6-5-7-9-12)25-14(20)10-13(16(22)23)19-17(24)26-18(2,3)4/h5-9,11,13H,10H2,1-4H3,(H,19,24)(H,22,23)/t11?,13-/m0/s1.